The first-order valence-corrected chi connectivity index (χ1v) is 13.4. The Kier molecular flexibility index (Phi) is 4.28. The maximum Gasteiger partial charge on any atom is 0.145 e. The van der Waals surface area contributed by atoms with Crippen LogP contribution in [0.4, 0.5) is 5.69 Å². The Morgan fingerprint density at radius 1 is 0.944 bits per heavy atom. The van der Waals surface area contributed by atoms with Crippen LogP contribution in [0, 0.1) is 13.8 Å². The van der Waals surface area contributed by atoms with Gasteiger partial charge in [-0.05, 0) is 48.4 Å². The first kappa shape index (κ1) is 20.6. The number of rotatable bonds is 2. The molecule has 0 fully saturated rings. The van der Waals surface area contributed by atoms with Crippen molar-refractivity contribution in [1.29, 1.82) is 0 Å². The quantitative estimate of drug-likeness (QED) is 0.214. The van der Waals surface area contributed by atoms with Crippen LogP contribution in [-0.4, -0.2) is 25.5 Å². The van der Waals surface area contributed by atoms with Crippen molar-refractivity contribution >= 4 is 73.5 Å². The summed E-state index contributed by atoms with van der Waals surface area (Å²) in [5.41, 5.74) is 14.1. The van der Waals surface area contributed by atoms with Crippen molar-refractivity contribution in [3.63, 3.8) is 0 Å². The molecule has 6 nitrogen and oxygen atoms in total. The van der Waals surface area contributed by atoms with Crippen molar-refractivity contribution in [3.05, 3.63) is 83.2 Å². The Morgan fingerprint density at radius 2 is 1.86 bits per heavy atom. The number of quaternary nitrogens is 1. The van der Waals surface area contributed by atoms with Crippen molar-refractivity contribution in [2.45, 2.75) is 19.9 Å². The lowest BCUT2D eigenvalue weighted by atomic mass is 9.86. The molecule has 36 heavy (non-hydrogen) atoms. The van der Waals surface area contributed by atoms with Crippen LogP contribution < -0.4 is 10.0 Å². The molecule has 1 unspecified atom stereocenters. The number of aryl methyl sites for hydroxylation is 2. The van der Waals surface area contributed by atoms with Crippen LogP contribution in [0.1, 0.15) is 16.7 Å². The van der Waals surface area contributed by atoms with E-state index in [1.54, 1.807) is 0 Å². The molecule has 0 radical (unpaired) electrons. The fourth-order valence-electron chi connectivity index (χ4n) is 5.86. The van der Waals surface area contributed by atoms with Gasteiger partial charge in [-0.3, -0.25) is 5.32 Å². The lowest BCUT2D eigenvalue weighted by Crippen LogP contribution is -2.69. The Bertz CT molecular complexity index is 1900. The molecular weight excluding hydrogens is 484 g/mol. The van der Waals surface area contributed by atoms with Gasteiger partial charge in [-0.25, -0.2) is 9.12 Å². The number of nitrogens with zero attached hydrogens (tertiary/aromatic N) is 3. The molecule has 0 amide bonds. The highest BCUT2D eigenvalue weighted by molar-refractivity contribution is 7.96. The van der Waals surface area contributed by atoms with E-state index in [4.69, 9.17) is 0 Å². The molecule has 1 atom stereocenters. The number of nitrogens with one attached hydrogen (secondary N) is 2. The molecule has 4 heterocycles. The minimum absolute atomic E-state index is 0.178. The Balaban J connectivity index is 1.34. The normalized spacial score (nSPS) is 18.6. The van der Waals surface area contributed by atoms with Crippen LogP contribution in [0.25, 0.3) is 49.4 Å². The highest BCUT2D eigenvalue weighted by atomic mass is 32.2. The second kappa shape index (κ2) is 7.47. The van der Waals surface area contributed by atoms with Crippen LogP contribution in [-0.2, 0) is 0 Å². The van der Waals surface area contributed by atoms with Gasteiger partial charge in [0, 0.05) is 44.9 Å². The van der Waals surface area contributed by atoms with E-state index in [9.17, 15) is 0 Å². The average molecular weight is 506 g/mol. The monoisotopic (exact) mass is 505 g/mol. The summed E-state index contributed by atoms with van der Waals surface area (Å²) in [6, 6.07) is 11.1. The predicted molar refractivity (Wildman–Crippen MR) is 150 cm³/mol. The van der Waals surface area contributed by atoms with Gasteiger partial charge in [0.1, 0.15) is 22.9 Å². The number of aromatic amines is 1. The van der Waals surface area contributed by atoms with E-state index in [1.165, 1.54) is 84.6 Å². The molecule has 3 aliphatic rings. The molecule has 2 aliphatic heterocycles. The van der Waals surface area contributed by atoms with Gasteiger partial charge in [-0.1, -0.05) is 30.4 Å². The summed E-state index contributed by atoms with van der Waals surface area (Å²) in [5, 5.41) is 6.07. The lowest BCUT2D eigenvalue weighted by Gasteiger charge is -2.17. The summed E-state index contributed by atoms with van der Waals surface area (Å²) in [7, 11) is 0. The van der Waals surface area contributed by atoms with Gasteiger partial charge in [-0.2, -0.15) is 8.75 Å². The van der Waals surface area contributed by atoms with E-state index in [1.807, 2.05) is 6.07 Å². The summed E-state index contributed by atoms with van der Waals surface area (Å²) in [6.07, 6.45) is 10.9. The van der Waals surface area contributed by atoms with Gasteiger partial charge < -0.3 is 4.98 Å². The van der Waals surface area contributed by atoms with Crippen molar-refractivity contribution < 1.29 is 5.32 Å². The number of aromatic nitrogens is 3. The topological polar surface area (TPSA) is 82.6 Å². The minimum Gasteiger partial charge on any atom is -0.360 e. The zero-order chi connectivity index (χ0) is 24.0. The van der Waals surface area contributed by atoms with Crippen LogP contribution in [0.5, 0.6) is 0 Å². The highest BCUT2D eigenvalue weighted by Crippen LogP contribution is 2.43. The maximum atomic E-state index is 4.68. The third-order valence-electron chi connectivity index (χ3n) is 7.70. The Morgan fingerprint density at radius 3 is 2.81 bits per heavy atom. The van der Waals surface area contributed by atoms with E-state index in [0.29, 0.717) is 0 Å². The zero-order valence-corrected chi connectivity index (χ0v) is 21.2. The molecule has 4 N–H and O–H groups in total. The number of allylic oxidation sites excluding steroid dienone is 3. The van der Waals surface area contributed by atoms with Gasteiger partial charge >= 0.3 is 0 Å². The number of nitrogens with two attached hydrogens (primary N) is 1. The van der Waals surface area contributed by atoms with Crippen LogP contribution in [0.2, 0.25) is 0 Å². The van der Waals surface area contributed by atoms with Crippen LogP contribution in [0.15, 0.2) is 70.9 Å². The molecular formula is C28H21N6S2+. The molecule has 8 rings (SSSR count). The van der Waals surface area contributed by atoms with Crippen molar-refractivity contribution in [2.24, 2.45) is 4.40 Å². The van der Waals surface area contributed by atoms with Crippen molar-refractivity contribution in [1.82, 2.24) is 18.5 Å². The number of H-pyrrole nitrogens is 1. The third-order valence-corrected chi connectivity index (χ3v) is 8.89. The predicted octanol–water partition coefficient (Wildman–Crippen LogP) is 5.63. The molecule has 0 saturated carbocycles. The van der Waals surface area contributed by atoms with E-state index < -0.39 is 0 Å². The first-order chi connectivity index (χ1) is 17.7. The van der Waals surface area contributed by atoms with Gasteiger partial charge in [0.2, 0.25) is 0 Å². The number of hydrogen-bond acceptors (Lipinski definition) is 6. The smallest absolute Gasteiger partial charge is 0.145 e. The molecule has 0 spiro atoms. The fraction of sp³-hybridized carbons (Fsp3) is 0.107. The van der Waals surface area contributed by atoms with Crippen molar-refractivity contribution in [3.8, 4) is 11.1 Å². The average Bonchev–Trinajstić information content (AvgIpc) is 3.69. The number of benzene rings is 3. The van der Waals surface area contributed by atoms with E-state index in [2.05, 4.69) is 96.9 Å². The molecule has 5 aromatic rings. The largest absolute Gasteiger partial charge is 0.360 e. The van der Waals surface area contributed by atoms with Gasteiger partial charge in [0.05, 0.1) is 41.2 Å². The Hall–Kier alpha value is -3.56. The molecule has 0 bridgehead atoms. The molecule has 174 valence electrons. The zero-order valence-electron chi connectivity index (χ0n) is 19.6. The van der Waals surface area contributed by atoms with E-state index in [-0.39, 0.29) is 6.04 Å². The number of fused-ring (bicyclic) bond motifs is 5. The minimum atomic E-state index is 0.178. The number of hydrogen-bond donors (Lipinski definition) is 3. The second-order valence-electron chi connectivity index (χ2n) is 9.50. The summed E-state index contributed by atoms with van der Waals surface area (Å²) >= 11 is 2.70. The second-order valence-corrected chi connectivity index (χ2v) is 10.6. The fourth-order valence-corrected chi connectivity index (χ4v) is 7.08. The maximum absolute atomic E-state index is 4.68. The van der Waals surface area contributed by atoms with E-state index in [0.717, 1.165) is 22.3 Å². The standard InChI is InChI=1S/C28H20N6S2/c1-13-17-9-20-22(16-6-4-8-24-28(16)34-36-32-24)12-30-26(20)14(2)18(17)10-19-21(11-29-25(13)19)15-5-3-7-23-27(15)33-35-31-23/h3-12,23,29-31H,1-2H3/p+1. The van der Waals surface area contributed by atoms with E-state index >= 15 is 0 Å². The lowest BCUT2D eigenvalue weighted by molar-refractivity contribution is -0.492. The first-order valence-electron chi connectivity index (χ1n) is 11.9. The van der Waals surface area contributed by atoms with Gasteiger partial charge in [0.15, 0.2) is 0 Å². The SMILES string of the molecule is Cc1c2c(cc3c(C)c4[nH]cc(-c5cccc6nsnc56)c4cc13)C(C1=CC=CC3NSN=C13)=C[NH2+]2. The summed E-state index contributed by atoms with van der Waals surface area (Å²) in [6.45, 7) is 4.48. The van der Waals surface area contributed by atoms with Gasteiger partial charge in [-0.15, -0.1) is 0 Å². The molecule has 3 aromatic carbocycles. The molecule has 1 aliphatic carbocycles. The van der Waals surface area contributed by atoms with Crippen LogP contribution >= 0.6 is 23.9 Å². The summed E-state index contributed by atoms with van der Waals surface area (Å²) < 4.78 is 17.1. The molecule has 2 aromatic heterocycles. The van der Waals surface area contributed by atoms with Crippen LogP contribution in [0.3, 0.4) is 0 Å². The molecule has 0 saturated heterocycles. The summed E-state index contributed by atoms with van der Waals surface area (Å²) in [5.74, 6) is 0. The van der Waals surface area contributed by atoms with Gasteiger partial charge in [0.25, 0.3) is 0 Å². The Labute approximate surface area is 215 Å². The highest BCUT2D eigenvalue weighted by Gasteiger charge is 2.32. The summed E-state index contributed by atoms with van der Waals surface area (Å²) in [4.78, 5) is 3.58. The molecule has 8 heteroatoms. The third kappa shape index (κ3) is 2.72. The van der Waals surface area contributed by atoms with Crippen molar-refractivity contribution in [2.75, 3.05) is 0 Å².